The second-order valence-electron chi connectivity index (χ2n) is 4.53. The fraction of sp³-hybridized carbons (Fsp3) is 0.615. The summed E-state index contributed by atoms with van der Waals surface area (Å²) >= 11 is 3.26. The maximum absolute atomic E-state index is 11.2. The van der Waals surface area contributed by atoms with Gasteiger partial charge < -0.3 is 15.5 Å². The zero-order chi connectivity index (χ0) is 15.0. The lowest BCUT2D eigenvalue weighted by molar-refractivity contribution is -0.118. The molecule has 0 fully saturated rings. The zero-order valence-electron chi connectivity index (χ0n) is 11.5. The number of aromatic nitrogens is 2. The van der Waals surface area contributed by atoms with Crippen molar-refractivity contribution in [1.82, 2.24) is 9.97 Å². The average Bonchev–Trinajstić information content (AvgIpc) is 2.82. The van der Waals surface area contributed by atoms with Crippen LogP contribution in [-0.4, -0.2) is 21.8 Å². The third-order valence-corrected chi connectivity index (χ3v) is 3.35. The van der Waals surface area contributed by atoms with Gasteiger partial charge in [-0.3, -0.25) is 4.79 Å². The van der Waals surface area contributed by atoms with E-state index >= 15 is 0 Å². The number of ether oxygens (including phenoxy) is 1. The van der Waals surface area contributed by atoms with Crippen molar-refractivity contribution in [3.05, 3.63) is 16.6 Å². The van der Waals surface area contributed by atoms with Crippen LogP contribution in [0.4, 0.5) is 4.79 Å². The average molecular weight is 346 g/mol. The Morgan fingerprint density at radius 3 is 2.75 bits per heavy atom. The fourth-order valence-corrected chi connectivity index (χ4v) is 2.18. The van der Waals surface area contributed by atoms with Crippen molar-refractivity contribution < 1.29 is 14.3 Å². The standard InChI is InChI=1S/C13H20BrN3O3/c1-2-9(18)6-4-3-5-7-10(20-13(15)19)12-16-8-11(14)17-12/h8,10H,2-7H2,1H3,(H2,15,19)(H,16,17). The molecule has 6 nitrogen and oxygen atoms in total. The Kier molecular flexibility index (Phi) is 7.28. The maximum atomic E-state index is 11.2. The summed E-state index contributed by atoms with van der Waals surface area (Å²) < 4.78 is 5.78. The van der Waals surface area contributed by atoms with E-state index in [0.29, 0.717) is 25.1 Å². The third-order valence-electron chi connectivity index (χ3n) is 2.94. The van der Waals surface area contributed by atoms with Crippen LogP contribution in [0.25, 0.3) is 0 Å². The van der Waals surface area contributed by atoms with Gasteiger partial charge in [0.15, 0.2) is 6.10 Å². The number of nitrogens with one attached hydrogen (secondary N) is 1. The number of ketones is 1. The second kappa shape index (κ2) is 8.73. The van der Waals surface area contributed by atoms with Gasteiger partial charge in [0.05, 0.1) is 6.20 Å². The van der Waals surface area contributed by atoms with E-state index in [1.54, 1.807) is 6.20 Å². The first-order valence-corrected chi connectivity index (χ1v) is 7.50. The minimum absolute atomic E-state index is 0.282. The Bertz CT molecular complexity index is 448. The Morgan fingerprint density at radius 1 is 1.45 bits per heavy atom. The lowest BCUT2D eigenvalue weighted by atomic mass is 10.1. The Hall–Kier alpha value is -1.37. The number of rotatable bonds is 9. The van der Waals surface area contributed by atoms with E-state index in [1.165, 1.54) is 0 Å². The van der Waals surface area contributed by atoms with Crippen molar-refractivity contribution in [2.24, 2.45) is 5.73 Å². The van der Waals surface area contributed by atoms with E-state index in [9.17, 15) is 9.59 Å². The van der Waals surface area contributed by atoms with Gasteiger partial charge in [0.1, 0.15) is 16.2 Å². The number of hydrogen-bond donors (Lipinski definition) is 2. The van der Waals surface area contributed by atoms with Gasteiger partial charge in [-0.25, -0.2) is 9.78 Å². The molecule has 1 unspecified atom stereocenters. The van der Waals surface area contributed by atoms with Crippen LogP contribution in [-0.2, 0) is 9.53 Å². The molecule has 0 aliphatic carbocycles. The molecule has 0 bridgehead atoms. The van der Waals surface area contributed by atoms with Crippen molar-refractivity contribution in [3.63, 3.8) is 0 Å². The van der Waals surface area contributed by atoms with Crippen LogP contribution in [0.3, 0.4) is 0 Å². The first kappa shape index (κ1) is 16.7. The van der Waals surface area contributed by atoms with E-state index in [2.05, 4.69) is 25.9 Å². The van der Waals surface area contributed by atoms with Gasteiger partial charge >= 0.3 is 6.09 Å². The number of carbonyl (C=O) groups excluding carboxylic acids is 2. The van der Waals surface area contributed by atoms with Crippen molar-refractivity contribution in [2.75, 3.05) is 0 Å². The summed E-state index contributed by atoms with van der Waals surface area (Å²) in [7, 11) is 0. The number of aromatic amines is 1. The van der Waals surface area contributed by atoms with Crippen LogP contribution in [0.15, 0.2) is 10.8 Å². The van der Waals surface area contributed by atoms with E-state index in [1.807, 2.05) is 6.92 Å². The quantitative estimate of drug-likeness (QED) is 0.671. The smallest absolute Gasteiger partial charge is 0.405 e. The van der Waals surface area contributed by atoms with Crippen molar-refractivity contribution >= 4 is 27.8 Å². The first-order chi connectivity index (χ1) is 9.52. The minimum Gasteiger partial charge on any atom is -0.438 e. The number of carbonyl (C=O) groups is 2. The minimum atomic E-state index is -0.816. The number of imidazole rings is 1. The van der Waals surface area contributed by atoms with Gasteiger partial charge in [-0.05, 0) is 35.2 Å². The number of nitrogens with zero attached hydrogens (tertiary/aromatic N) is 1. The van der Waals surface area contributed by atoms with Crippen LogP contribution < -0.4 is 5.73 Å². The highest BCUT2D eigenvalue weighted by molar-refractivity contribution is 9.10. The Morgan fingerprint density at radius 2 is 2.20 bits per heavy atom. The van der Waals surface area contributed by atoms with Gasteiger partial charge in [0.2, 0.25) is 0 Å². The number of hydrogen-bond acceptors (Lipinski definition) is 4. The lowest BCUT2D eigenvalue weighted by Gasteiger charge is -2.14. The maximum Gasteiger partial charge on any atom is 0.405 e. The molecule has 112 valence electrons. The molecule has 3 N–H and O–H groups in total. The van der Waals surface area contributed by atoms with Crippen LogP contribution in [0, 0.1) is 0 Å². The highest BCUT2D eigenvalue weighted by atomic mass is 79.9. The number of nitrogens with two attached hydrogens (primary N) is 1. The molecule has 0 saturated carbocycles. The third kappa shape index (κ3) is 6.18. The molecular weight excluding hydrogens is 326 g/mol. The number of unbranched alkanes of at least 4 members (excludes halogenated alkanes) is 2. The Labute approximate surface area is 126 Å². The van der Waals surface area contributed by atoms with Gasteiger partial charge in [-0.1, -0.05) is 13.3 Å². The number of H-pyrrole nitrogens is 1. The molecule has 0 aliphatic heterocycles. The highest BCUT2D eigenvalue weighted by Crippen LogP contribution is 2.23. The van der Waals surface area contributed by atoms with E-state index in [4.69, 9.17) is 10.5 Å². The highest BCUT2D eigenvalue weighted by Gasteiger charge is 2.18. The van der Waals surface area contributed by atoms with Crippen LogP contribution in [0.2, 0.25) is 0 Å². The summed E-state index contributed by atoms with van der Waals surface area (Å²) in [4.78, 5) is 29.2. The van der Waals surface area contributed by atoms with Crippen molar-refractivity contribution in [3.8, 4) is 0 Å². The lowest BCUT2D eigenvalue weighted by Crippen LogP contribution is -2.18. The van der Waals surface area contributed by atoms with Crippen LogP contribution in [0.1, 0.15) is 57.4 Å². The molecule has 1 aromatic heterocycles. The van der Waals surface area contributed by atoms with E-state index < -0.39 is 12.2 Å². The fourth-order valence-electron chi connectivity index (χ4n) is 1.87. The summed E-state index contributed by atoms with van der Waals surface area (Å²) in [5.41, 5.74) is 5.07. The molecule has 0 radical (unpaired) electrons. The molecule has 0 saturated heterocycles. The van der Waals surface area contributed by atoms with Gasteiger partial charge in [-0.15, -0.1) is 0 Å². The summed E-state index contributed by atoms with van der Waals surface area (Å²) in [6, 6.07) is 0. The molecule has 1 heterocycles. The summed E-state index contributed by atoms with van der Waals surface area (Å²) in [5.74, 6) is 0.852. The number of primary amides is 1. The van der Waals surface area contributed by atoms with Gasteiger partial charge in [0.25, 0.3) is 0 Å². The molecule has 1 aromatic rings. The van der Waals surface area contributed by atoms with Crippen molar-refractivity contribution in [2.45, 2.75) is 51.6 Å². The Balaban J connectivity index is 2.38. The largest absolute Gasteiger partial charge is 0.438 e. The van der Waals surface area contributed by atoms with E-state index in [0.717, 1.165) is 23.9 Å². The zero-order valence-corrected chi connectivity index (χ0v) is 13.1. The SMILES string of the molecule is CCC(=O)CCCCCC(OC(N)=O)c1ncc(Br)[nH]1. The summed E-state index contributed by atoms with van der Waals surface area (Å²) in [6.45, 7) is 1.87. The predicted octanol–water partition coefficient (Wildman–Crippen LogP) is 3.24. The second-order valence-corrected chi connectivity index (χ2v) is 5.39. The molecule has 0 spiro atoms. The van der Waals surface area contributed by atoms with Crippen LogP contribution in [0.5, 0.6) is 0 Å². The predicted molar refractivity (Wildman–Crippen MR) is 78.1 cm³/mol. The van der Waals surface area contributed by atoms with Crippen molar-refractivity contribution in [1.29, 1.82) is 0 Å². The first-order valence-electron chi connectivity index (χ1n) is 6.71. The molecule has 1 amide bonds. The van der Waals surface area contributed by atoms with Gasteiger partial charge in [0, 0.05) is 12.8 Å². The number of halogens is 1. The molecule has 1 atom stereocenters. The monoisotopic (exact) mass is 345 g/mol. The topological polar surface area (TPSA) is 98.1 Å². The van der Waals surface area contributed by atoms with Crippen LogP contribution >= 0.6 is 15.9 Å². The molecule has 1 rings (SSSR count). The summed E-state index contributed by atoms with van der Waals surface area (Å²) in [6.07, 6.45) is 4.76. The van der Waals surface area contributed by atoms with Gasteiger partial charge in [-0.2, -0.15) is 0 Å². The molecule has 7 heteroatoms. The van der Waals surface area contributed by atoms with E-state index in [-0.39, 0.29) is 5.78 Å². The summed E-state index contributed by atoms with van der Waals surface area (Å²) in [5, 5.41) is 0. The number of amides is 1. The molecular formula is C13H20BrN3O3. The number of Topliss-reactive ketones (excluding diaryl/α,β-unsaturated/α-hetero) is 1. The normalized spacial score (nSPS) is 12.1. The molecule has 0 aliphatic rings. The molecule has 20 heavy (non-hydrogen) atoms. The molecule has 0 aromatic carbocycles.